The van der Waals surface area contributed by atoms with Gasteiger partial charge in [-0.1, -0.05) is 24.3 Å². The molecule has 4 fully saturated rings. The average Bonchev–Trinajstić information content (AvgIpc) is 3.38. The van der Waals surface area contributed by atoms with E-state index in [2.05, 4.69) is 60.6 Å². The van der Waals surface area contributed by atoms with Gasteiger partial charge in [0.1, 0.15) is 22.9 Å². The highest BCUT2D eigenvalue weighted by molar-refractivity contribution is 6.63. The molecule has 6 atom stereocenters. The first-order valence-electron chi connectivity index (χ1n) is 13.6. The van der Waals surface area contributed by atoms with Crippen molar-refractivity contribution in [1.82, 2.24) is 0 Å². The Balaban J connectivity index is 1.39. The minimum Gasteiger partial charge on any atom is -0.365 e. The molecule has 202 valence electrons. The summed E-state index contributed by atoms with van der Waals surface area (Å²) in [5.41, 5.74) is -1.07. The number of hydrogen-bond donors (Lipinski definition) is 0. The number of rotatable bonds is 0. The molecule has 0 saturated carbocycles. The lowest BCUT2D eigenvalue weighted by Crippen LogP contribution is -2.74. The van der Waals surface area contributed by atoms with Crippen molar-refractivity contribution in [1.29, 1.82) is 0 Å². The van der Waals surface area contributed by atoms with Gasteiger partial charge in [-0.05, 0) is 61.3 Å². The summed E-state index contributed by atoms with van der Waals surface area (Å²) in [7, 11) is -5.94. The molecule has 5 aliphatic heterocycles. The van der Waals surface area contributed by atoms with E-state index in [0.29, 0.717) is 25.2 Å². The van der Waals surface area contributed by atoms with Crippen LogP contribution in [0.25, 0.3) is 0 Å². The van der Waals surface area contributed by atoms with Crippen LogP contribution in [0.15, 0.2) is 34.3 Å². The number of hydrogen-bond acceptors (Lipinski definition) is 8. The van der Waals surface area contributed by atoms with Crippen molar-refractivity contribution in [2.24, 2.45) is 9.98 Å². The Bertz CT molecular complexity index is 1160. The van der Waals surface area contributed by atoms with Crippen LogP contribution in [-0.2, 0) is 26.6 Å². The van der Waals surface area contributed by atoms with Crippen molar-refractivity contribution < 1.29 is 26.6 Å². The minimum atomic E-state index is -2.98. The van der Waals surface area contributed by atoms with Gasteiger partial charge in [0.05, 0.1) is 11.2 Å². The summed E-state index contributed by atoms with van der Waals surface area (Å²) in [5, 5.41) is 0. The maximum Gasteiger partial charge on any atom is 0.502 e. The van der Waals surface area contributed by atoms with Crippen LogP contribution >= 0.6 is 0 Å². The van der Waals surface area contributed by atoms with Gasteiger partial charge in [0.15, 0.2) is 0 Å². The van der Waals surface area contributed by atoms with Gasteiger partial charge in [-0.15, -0.1) is 0 Å². The zero-order chi connectivity index (χ0) is 26.4. The van der Waals surface area contributed by atoms with Gasteiger partial charge in [-0.3, -0.25) is 9.98 Å². The lowest BCUT2D eigenvalue weighted by Gasteiger charge is -2.56. The molecule has 0 aliphatic carbocycles. The largest absolute Gasteiger partial charge is 0.502 e. The van der Waals surface area contributed by atoms with E-state index in [-0.39, 0.29) is 6.10 Å². The molecule has 37 heavy (non-hydrogen) atoms. The van der Waals surface area contributed by atoms with E-state index in [1.165, 1.54) is 0 Å². The molecule has 2 unspecified atom stereocenters. The third kappa shape index (κ3) is 3.60. The van der Waals surface area contributed by atoms with Crippen LogP contribution in [-0.4, -0.2) is 77.2 Å². The zero-order valence-corrected chi connectivity index (χ0v) is 25.1. The normalized spacial score (nSPS) is 46.0. The summed E-state index contributed by atoms with van der Waals surface area (Å²) < 4.78 is 40.9. The van der Waals surface area contributed by atoms with Crippen LogP contribution in [0.3, 0.4) is 0 Å². The fraction of sp³-hybridized carbons (Fsp3) is 0.704. The van der Waals surface area contributed by atoms with Crippen LogP contribution in [0, 0.1) is 0 Å². The van der Waals surface area contributed by atoms with Crippen molar-refractivity contribution in [2.75, 3.05) is 13.1 Å². The minimum absolute atomic E-state index is 0.342. The molecule has 6 rings (SSSR count). The summed E-state index contributed by atoms with van der Waals surface area (Å²) in [4.78, 5) is 9.44. The van der Waals surface area contributed by atoms with Gasteiger partial charge in [-0.25, -0.2) is 0 Å². The third-order valence-electron chi connectivity index (χ3n) is 9.50. The highest BCUT2D eigenvalue weighted by Crippen LogP contribution is 2.65. The predicted octanol–water partition coefficient (Wildman–Crippen LogP) is 4.55. The first kappa shape index (κ1) is 26.0. The van der Waals surface area contributed by atoms with Crippen molar-refractivity contribution in [3.8, 4) is 0 Å². The molecule has 0 radical (unpaired) electrons. The summed E-state index contributed by atoms with van der Waals surface area (Å²) in [6.45, 7) is 16.2. The van der Waals surface area contributed by atoms with Gasteiger partial charge in [0.25, 0.3) is 0 Å². The van der Waals surface area contributed by atoms with Crippen LogP contribution in [0.2, 0.25) is 12.1 Å². The third-order valence-corrected chi connectivity index (χ3v) is 15.9. The standard InChI is InChI=1S/C27H40N2O6Si2/c1-23(2)25(5)22-26(6)27(7)24(3,4)32-37(34-26,35-27)17-11-15-29-19-21-13-9-8-12-20(21)18-28-14-10-16-36(30-22,31-23)33-25/h8-9,12-13,18-19,22H,10-11,14-17H2,1-7H3/t22-,25+,26-,27+,36?,37?/m1/s1. The van der Waals surface area contributed by atoms with Crippen LogP contribution in [0.4, 0.5) is 0 Å². The van der Waals surface area contributed by atoms with Gasteiger partial charge >= 0.3 is 17.6 Å². The second-order valence-corrected chi connectivity index (χ2v) is 17.5. The van der Waals surface area contributed by atoms with E-state index in [9.17, 15) is 0 Å². The van der Waals surface area contributed by atoms with E-state index < -0.39 is 45.6 Å². The number of aliphatic imine (C=N–C) groups is 2. The van der Waals surface area contributed by atoms with Gasteiger partial charge in [0, 0.05) is 48.7 Å². The topological polar surface area (TPSA) is 80.1 Å². The van der Waals surface area contributed by atoms with Crippen LogP contribution in [0.5, 0.6) is 0 Å². The highest BCUT2D eigenvalue weighted by Gasteiger charge is 2.85. The molecule has 6 bridgehead atoms. The average molecular weight is 545 g/mol. The van der Waals surface area contributed by atoms with Crippen molar-refractivity contribution in [3.63, 3.8) is 0 Å². The Morgan fingerprint density at radius 1 is 0.676 bits per heavy atom. The highest BCUT2D eigenvalue weighted by atomic mass is 28.4. The Hall–Kier alpha value is -1.25. The first-order chi connectivity index (χ1) is 17.3. The molecule has 2 spiro atoms. The molecule has 0 aromatic heterocycles. The predicted molar refractivity (Wildman–Crippen MR) is 145 cm³/mol. The molecular weight excluding hydrogens is 504 g/mol. The van der Waals surface area contributed by atoms with E-state index >= 15 is 0 Å². The summed E-state index contributed by atoms with van der Waals surface area (Å²) >= 11 is 0. The molecule has 1 aromatic rings. The summed E-state index contributed by atoms with van der Waals surface area (Å²) in [6.07, 6.45) is 5.17. The van der Waals surface area contributed by atoms with Crippen LogP contribution in [0.1, 0.15) is 72.4 Å². The smallest absolute Gasteiger partial charge is 0.365 e. The van der Waals surface area contributed by atoms with E-state index in [1.807, 2.05) is 24.6 Å². The molecule has 0 N–H and O–H groups in total. The molecule has 0 amide bonds. The first-order valence-corrected chi connectivity index (χ1v) is 17.4. The maximum atomic E-state index is 6.99. The zero-order valence-electron chi connectivity index (χ0n) is 23.1. The quantitative estimate of drug-likeness (QED) is 0.446. The van der Waals surface area contributed by atoms with E-state index in [4.69, 9.17) is 36.5 Å². The number of benzene rings is 1. The van der Waals surface area contributed by atoms with E-state index in [1.54, 1.807) is 0 Å². The fourth-order valence-electron chi connectivity index (χ4n) is 6.87. The lowest BCUT2D eigenvalue weighted by molar-refractivity contribution is -0.222. The number of nitrogens with zero attached hydrogens (tertiary/aromatic N) is 2. The van der Waals surface area contributed by atoms with Crippen molar-refractivity contribution in [3.05, 3.63) is 35.4 Å². The Labute approximate surface area is 222 Å². The lowest BCUT2D eigenvalue weighted by atomic mass is 9.65. The Kier molecular flexibility index (Phi) is 5.72. The van der Waals surface area contributed by atoms with Crippen molar-refractivity contribution >= 4 is 30.0 Å². The van der Waals surface area contributed by atoms with Crippen molar-refractivity contribution in [2.45, 2.75) is 108 Å². The molecule has 1 aromatic carbocycles. The summed E-state index contributed by atoms with van der Waals surface area (Å²) in [6, 6.07) is 9.60. The molecule has 10 heteroatoms. The number of fused-ring (bicyclic) bond motifs is 8. The molecule has 5 heterocycles. The van der Waals surface area contributed by atoms with Gasteiger partial charge < -0.3 is 26.6 Å². The Morgan fingerprint density at radius 3 is 1.84 bits per heavy atom. The van der Waals surface area contributed by atoms with E-state index in [0.717, 1.165) is 24.0 Å². The summed E-state index contributed by atoms with van der Waals surface area (Å²) in [5.74, 6) is 0. The second kappa shape index (κ2) is 8.14. The second-order valence-electron chi connectivity index (χ2n) is 12.5. The van der Waals surface area contributed by atoms with Crippen LogP contribution < -0.4 is 0 Å². The molecular formula is C27H40N2O6Si2. The fourth-order valence-corrected chi connectivity index (χ4v) is 14.7. The molecule has 5 aliphatic rings. The monoisotopic (exact) mass is 544 g/mol. The Morgan fingerprint density at radius 2 is 1.22 bits per heavy atom. The molecule has 4 saturated heterocycles. The molecule has 8 nitrogen and oxygen atoms in total. The van der Waals surface area contributed by atoms with Gasteiger partial charge in [-0.2, -0.15) is 0 Å². The SMILES string of the molecule is CC1(C)O[Si]23CCCN=Cc4ccccc4C=NCCC[Si]45OC(C)(C)[C@](C)(O4)[C@](C)(O5)[C@H](O2)[C@]1(C)O3. The van der Waals surface area contributed by atoms with Gasteiger partial charge in [0.2, 0.25) is 0 Å². The maximum absolute atomic E-state index is 6.99.